The van der Waals surface area contributed by atoms with Gasteiger partial charge in [-0.2, -0.15) is 0 Å². The van der Waals surface area contributed by atoms with E-state index in [9.17, 15) is 0 Å². The van der Waals surface area contributed by atoms with Crippen molar-refractivity contribution in [2.75, 3.05) is 33.5 Å². The molecule has 0 saturated heterocycles. The van der Waals surface area contributed by atoms with Gasteiger partial charge in [0.25, 0.3) is 0 Å². The number of nitrogens with two attached hydrogens (primary N) is 1. The average molecular weight is 269 g/mol. The van der Waals surface area contributed by atoms with Crippen LogP contribution >= 0.6 is 0 Å². The summed E-state index contributed by atoms with van der Waals surface area (Å²) in [6, 6.07) is 1.61. The number of methoxy groups -OCH3 is 1. The zero-order chi connectivity index (χ0) is 13.9. The second-order valence-electron chi connectivity index (χ2n) is 3.66. The van der Waals surface area contributed by atoms with E-state index in [1.54, 1.807) is 19.4 Å². The molecule has 0 aromatic carbocycles. The van der Waals surface area contributed by atoms with Crippen LogP contribution in [0.3, 0.4) is 0 Å². The van der Waals surface area contributed by atoms with Gasteiger partial charge in [-0.1, -0.05) is 5.16 Å². The van der Waals surface area contributed by atoms with E-state index in [4.69, 9.17) is 25.2 Å². The average Bonchev–Trinajstić information content (AvgIpc) is 2.46. The van der Waals surface area contributed by atoms with Crippen molar-refractivity contribution < 1.29 is 19.4 Å². The predicted molar refractivity (Wildman–Crippen MR) is 69.6 cm³/mol. The number of nitrogens with zero attached hydrogens (tertiary/aromatic N) is 2. The van der Waals surface area contributed by atoms with Crippen LogP contribution in [0.2, 0.25) is 0 Å². The second kappa shape index (κ2) is 9.12. The highest BCUT2D eigenvalue weighted by atomic mass is 16.5. The summed E-state index contributed by atoms with van der Waals surface area (Å²) in [5, 5.41) is 11.6. The van der Waals surface area contributed by atoms with Crippen molar-refractivity contribution in [3.63, 3.8) is 0 Å². The van der Waals surface area contributed by atoms with Crippen LogP contribution in [0.4, 0.5) is 0 Å². The first-order chi connectivity index (χ1) is 9.29. The first-order valence-corrected chi connectivity index (χ1v) is 5.91. The van der Waals surface area contributed by atoms with Crippen LogP contribution in [-0.2, 0) is 9.47 Å². The molecule has 19 heavy (non-hydrogen) atoms. The van der Waals surface area contributed by atoms with E-state index in [0.717, 1.165) is 6.42 Å². The minimum atomic E-state index is -0.0154. The number of aromatic nitrogens is 1. The minimum Gasteiger partial charge on any atom is -0.489 e. The summed E-state index contributed by atoms with van der Waals surface area (Å²) in [5.41, 5.74) is 6.02. The summed E-state index contributed by atoms with van der Waals surface area (Å²) in [4.78, 5) is 3.93. The van der Waals surface area contributed by atoms with Gasteiger partial charge in [-0.15, -0.1) is 0 Å². The Morgan fingerprint density at radius 1 is 1.37 bits per heavy atom. The summed E-state index contributed by atoms with van der Waals surface area (Å²) in [6.07, 6.45) is 3.90. The molecule has 0 aliphatic rings. The molecule has 0 aliphatic carbocycles. The Morgan fingerprint density at radius 2 is 2.21 bits per heavy atom. The molecule has 1 aromatic heterocycles. The van der Waals surface area contributed by atoms with E-state index in [1.807, 2.05) is 0 Å². The number of pyridine rings is 1. The van der Waals surface area contributed by atoms with Gasteiger partial charge >= 0.3 is 0 Å². The van der Waals surface area contributed by atoms with Crippen molar-refractivity contribution in [1.29, 1.82) is 0 Å². The van der Waals surface area contributed by atoms with Gasteiger partial charge < -0.3 is 25.2 Å². The Morgan fingerprint density at radius 3 is 2.95 bits per heavy atom. The monoisotopic (exact) mass is 269 g/mol. The molecule has 1 heterocycles. The Labute approximate surface area is 112 Å². The van der Waals surface area contributed by atoms with Crippen LogP contribution in [0.15, 0.2) is 23.6 Å². The van der Waals surface area contributed by atoms with E-state index in [1.165, 1.54) is 6.20 Å². The van der Waals surface area contributed by atoms with E-state index in [0.29, 0.717) is 37.7 Å². The molecule has 106 valence electrons. The fraction of sp³-hybridized carbons (Fsp3) is 0.500. The maximum atomic E-state index is 8.66. The summed E-state index contributed by atoms with van der Waals surface area (Å²) in [5.74, 6) is 0.441. The summed E-state index contributed by atoms with van der Waals surface area (Å²) < 4.78 is 15.7. The van der Waals surface area contributed by atoms with Crippen LogP contribution in [0, 0.1) is 0 Å². The van der Waals surface area contributed by atoms with Gasteiger partial charge in [-0.05, 0) is 12.5 Å². The number of amidine groups is 1. The smallest absolute Gasteiger partial charge is 0.173 e. The zero-order valence-corrected chi connectivity index (χ0v) is 10.9. The molecule has 0 aliphatic heterocycles. The number of hydrogen-bond donors (Lipinski definition) is 2. The van der Waals surface area contributed by atoms with E-state index < -0.39 is 0 Å². The molecule has 7 heteroatoms. The Balaban J connectivity index is 2.33. The minimum absolute atomic E-state index is 0.0154. The van der Waals surface area contributed by atoms with Crippen LogP contribution in [0.1, 0.15) is 12.0 Å². The van der Waals surface area contributed by atoms with Crippen molar-refractivity contribution in [3.05, 3.63) is 24.0 Å². The quantitative estimate of drug-likeness (QED) is 0.224. The maximum Gasteiger partial charge on any atom is 0.173 e. The van der Waals surface area contributed by atoms with Crippen molar-refractivity contribution in [1.82, 2.24) is 4.98 Å². The van der Waals surface area contributed by atoms with Crippen LogP contribution in [-0.4, -0.2) is 49.6 Å². The molecular formula is C12H19N3O4. The number of ether oxygens (including phenoxy) is 3. The normalized spacial score (nSPS) is 11.5. The van der Waals surface area contributed by atoms with Crippen molar-refractivity contribution in [2.24, 2.45) is 10.9 Å². The Bertz CT molecular complexity index is 398. The number of hydrogen-bond acceptors (Lipinski definition) is 6. The molecule has 0 bridgehead atoms. The van der Waals surface area contributed by atoms with Crippen LogP contribution in [0.5, 0.6) is 5.75 Å². The van der Waals surface area contributed by atoms with Crippen LogP contribution in [0.25, 0.3) is 0 Å². The van der Waals surface area contributed by atoms with Gasteiger partial charge in [-0.25, -0.2) is 0 Å². The molecule has 0 fully saturated rings. The molecule has 0 amide bonds. The number of oxime groups is 1. The van der Waals surface area contributed by atoms with Crippen molar-refractivity contribution >= 4 is 5.84 Å². The highest BCUT2D eigenvalue weighted by Gasteiger charge is 2.07. The Hall–Kier alpha value is -1.86. The lowest BCUT2D eigenvalue weighted by molar-refractivity contribution is 0.0805. The first-order valence-electron chi connectivity index (χ1n) is 5.91. The largest absolute Gasteiger partial charge is 0.489 e. The highest BCUT2D eigenvalue weighted by molar-refractivity contribution is 5.99. The predicted octanol–water partition coefficient (Wildman–Crippen LogP) is 0.608. The van der Waals surface area contributed by atoms with E-state index in [2.05, 4.69) is 10.1 Å². The van der Waals surface area contributed by atoms with Crippen molar-refractivity contribution in [2.45, 2.75) is 6.42 Å². The van der Waals surface area contributed by atoms with Crippen molar-refractivity contribution in [3.8, 4) is 5.75 Å². The summed E-state index contributed by atoms with van der Waals surface area (Å²) in [7, 11) is 1.65. The van der Waals surface area contributed by atoms with Gasteiger partial charge in [0.15, 0.2) is 5.84 Å². The fourth-order valence-corrected chi connectivity index (χ4v) is 1.38. The third-order valence-corrected chi connectivity index (χ3v) is 2.29. The SMILES string of the molecule is COCCCOCCOc1cnccc1/C(N)=N/O. The maximum absolute atomic E-state index is 8.66. The van der Waals surface area contributed by atoms with Gasteiger partial charge in [-0.3, -0.25) is 4.98 Å². The second-order valence-corrected chi connectivity index (χ2v) is 3.66. The lowest BCUT2D eigenvalue weighted by Gasteiger charge is -2.10. The molecule has 3 N–H and O–H groups in total. The van der Waals surface area contributed by atoms with E-state index in [-0.39, 0.29) is 5.84 Å². The topological polar surface area (TPSA) is 99.2 Å². The summed E-state index contributed by atoms with van der Waals surface area (Å²) in [6.45, 7) is 2.12. The first kappa shape index (κ1) is 15.2. The highest BCUT2D eigenvalue weighted by Crippen LogP contribution is 2.15. The molecule has 0 atom stereocenters. The molecule has 0 radical (unpaired) electrons. The lowest BCUT2D eigenvalue weighted by Crippen LogP contribution is -2.16. The third-order valence-electron chi connectivity index (χ3n) is 2.29. The molecule has 1 aromatic rings. The molecule has 0 spiro atoms. The molecule has 1 rings (SSSR count). The lowest BCUT2D eigenvalue weighted by atomic mass is 10.2. The molecule has 7 nitrogen and oxygen atoms in total. The van der Waals surface area contributed by atoms with Gasteiger partial charge in [0.2, 0.25) is 0 Å². The van der Waals surface area contributed by atoms with E-state index >= 15 is 0 Å². The molecule has 0 saturated carbocycles. The fourth-order valence-electron chi connectivity index (χ4n) is 1.38. The molecule has 0 unspecified atom stereocenters. The third kappa shape index (κ3) is 5.54. The standard InChI is InChI=1S/C12H19N3O4/c1-17-5-2-6-18-7-8-19-11-9-14-4-3-10(11)12(13)15-16/h3-4,9,16H,2,5-8H2,1H3,(H2,13,15). The van der Waals surface area contributed by atoms with Crippen LogP contribution < -0.4 is 10.5 Å². The van der Waals surface area contributed by atoms with Gasteiger partial charge in [0, 0.05) is 26.5 Å². The Kier molecular flexibility index (Phi) is 7.30. The zero-order valence-electron chi connectivity index (χ0n) is 10.9. The molecular weight excluding hydrogens is 250 g/mol. The van der Waals surface area contributed by atoms with Gasteiger partial charge in [0.1, 0.15) is 12.4 Å². The van der Waals surface area contributed by atoms with Gasteiger partial charge in [0.05, 0.1) is 18.4 Å². The summed E-state index contributed by atoms with van der Waals surface area (Å²) >= 11 is 0. The number of rotatable bonds is 9.